The molecule has 5 nitrogen and oxygen atoms in total. The number of thioether (sulfide) groups is 1. The molecular formula is C20H19N3O2S3. The minimum absolute atomic E-state index is 0.0572. The Morgan fingerprint density at radius 3 is 2.96 bits per heavy atom. The zero-order valence-corrected chi connectivity index (χ0v) is 17.9. The molecule has 0 N–H and O–H groups in total. The molecule has 1 aliphatic rings. The number of benzene rings is 1. The second-order valence-electron chi connectivity index (χ2n) is 6.18. The molecule has 3 heterocycles. The highest BCUT2D eigenvalue weighted by molar-refractivity contribution is 8.14. The first-order valence-corrected chi connectivity index (χ1v) is 11.7. The third kappa shape index (κ3) is 3.85. The van der Waals surface area contributed by atoms with Gasteiger partial charge in [0.2, 0.25) is 0 Å². The number of hydrogen-bond donors (Lipinski definition) is 0. The van der Waals surface area contributed by atoms with Crippen molar-refractivity contribution in [2.24, 2.45) is 4.99 Å². The van der Waals surface area contributed by atoms with E-state index in [1.54, 1.807) is 28.0 Å². The lowest BCUT2D eigenvalue weighted by molar-refractivity contribution is 0.0824. The Bertz CT molecular complexity index is 998. The van der Waals surface area contributed by atoms with Gasteiger partial charge in [-0.1, -0.05) is 23.9 Å². The predicted octanol–water partition coefficient (Wildman–Crippen LogP) is 5.54. The van der Waals surface area contributed by atoms with Gasteiger partial charge in [-0.05, 0) is 37.4 Å². The van der Waals surface area contributed by atoms with Crippen LogP contribution in [-0.2, 0) is 0 Å². The van der Waals surface area contributed by atoms with Crippen molar-refractivity contribution in [3.63, 3.8) is 0 Å². The molecule has 1 atom stereocenters. The molecule has 28 heavy (non-hydrogen) atoms. The maximum absolute atomic E-state index is 13.2. The molecule has 0 bridgehead atoms. The third-order valence-corrected chi connectivity index (χ3v) is 6.96. The monoisotopic (exact) mass is 429 g/mol. The average Bonchev–Trinajstić information content (AvgIpc) is 3.44. The van der Waals surface area contributed by atoms with Crippen LogP contribution < -0.4 is 4.74 Å². The number of aliphatic imine (C=N–C) groups is 1. The van der Waals surface area contributed by atoms with Crippen molar-refractivity contribution < 1.29 is 9.53 Å². The van der Waals surface area contributed by atoms with Crippen LogP contribution in [0.2, 0.25) is 0 Å². The molecule has 1 fully saturated rings. The molecule has 3 aromatic rings. The van der Waals surface area contributed by atoms with Gasteiger partial charge in [0.05, 0.1) is 6.61 Å². The highest BCUT2D eigenvalue weighted by atomic mass is 32.2. The van der Waals surface area contributed by atoms with E-state index in [1.807, 2.05) is 60.3 Å². The van der Waals surface area contributed by atoms with Gasteiger partial charge >= 0.3 is 0 Å². The van der Waals surface area contributed by atoms with E-state index in [1.165, 1.54) is 11.3 Å². The van der Waals surface area contributed by atoms with Gasteiger partial charge in [0.1, 0.15) is 22.1 Å². The van der Waals surface area contributed by atoms with Crippen LogP contribution in [0.4, 0.5) is 5.69 Å². The van der Waals surface area contributed by atoms with Gasteiger partial charge < -0.3 is 4.74 Å². The van der Waals surface area contributed by atoms with Crippen molar-refractivity contribution in [3.05, 3.63) is 52.2 Å². The molecule has 2 aromatic heterocycles. The zero-order chi connectivity index (χ0) is 19.5. The third-order valence-electron chi connectivity index (χ3n) is 4.19. The van der Waals surface area contributed by atoms with E-state index in [4.69, 9.17) is 9.73 Å². The number of carbonyl (C=O) groups excluding carboxylic acids is 1. The van der Waals surface area contributed by atoms with Crippen LogP contribution in [0.3, 0.4) is 0 Å². The van der Waals surface area contributed by atoms with Crippen molar-refractivity contribution in [1.29, 1.82) is 0 Å². The quantitative estimate of drug-likeness (QED) is 0.535. The fourth-order valence-electron chi connectivity index (χ4n) is 2.85. The molecule has 0 saturated carbocycles. The molecular weight excluding hydrogens is 410 g/mol. The van der Waals surface area contributed by atoms with Crippen LogP contribution in [0.25, 0.3) is 10.6 Å². The highest BCUT2D eigenvalue weighted by Gasteiger charge is 2.34. The van der Waals surface area contributed by atoms with E-state index < -0.39 is 0 Å². The number of amidine groups is 1. The smallest absolute Gasteiger partial charge is 0.279 e. The molecule has 8 heteroatoms. The molecule has 4 rings (SSSR count). The van der Waals surface area contributed by atoms with Crippen molar-refractivity contribution in [1.82, 2.24) is 9.88 Å². The number of thiophene rings is 1. The Balaban J connectivity index is 1.63. The van der Waals surface area contributed by atoms with E-state index in [0.29, 0.717) is 17.5 Å². The number of thiazole rings is 1. The summed E-state index contributed by atoms with van der Waals surface area (Å²) in [5.74, 6) is 1.42. The maximum Gasteiger partial charge on any atom is 0.279 e. The number of carbonyl (C=O) groups is 1. The Labute approximate surface area is 176 Å². The lowest BCUT2D eigenvalue weighted by atomic mass is 10.3. The van der Waals surface area contributed by atoms with Gasteiger partial charge in [0, 0.05) is 28.1 Å². The Kier molecular flexibility index (Phi) is 5.79. The van der Waals surface area contributed by atoms with Crippen molar-refractivity contribution >= 4 is 51.2 Å². The Morgan fingerprint density at radius 1 is 1.32 bits per heavy atom. The van der Waals surface area contributed by atoms with Crippen LogP contribution in [0, 0.1) is 0 Å². The summed E-state index contributed by atoms with van der Waals surface area (Å²) in [5.41, 5.74) is 2.25. The molecule has 144 valence electrons. The summed E-state index contributed by atoms with van der Waals surface area (Å²) in [6, 6.07) is 9.71. The number of hydrogen-bond acceptors (Lipinski definition) is 7. The minimum Gasteiger partial charge on any atom is -0.492 e. The molecule has 0 radical (unpaired) electrons. The van der Waals surface area contributed by atoms with E-state index in [-0.39, 0.29) is 11.9 Å². The number of ether oxygens (including phenoxy) is 1. The number of aromatic nitrogens is 1. The standard InChI is InChI=1S/C20H19N3O2S3/c1-3-25-17-7-5-4-6-15(17)22-20-23(13(2)10-28-20)19(24)16-12-27-18(21-16)14-8-9-26-11-14/h4-9,11-13H,3,10H2,1-2H3. The fraction of sp³-hybridized carbons (Fsp3) is 0.250. The number of para-hydroxylation sites is 2. The minimum atomic E-state index is -0.108. The van der Waals surface area contributed by atoms with Gasteiger partial charge in [-0.3, -0.25) is 9.69 Å². The van der Waals surface area contributed by atoms with Crippen LogP contribution in [0.1, 0.15) is 24.3 Å². The first-order valence-electron chi connectivity index (χ1n) is 8.92. The summed E-state index contributed by atoms with van der Waals surface area (Å²) < 4.78 is 5.67. The fourth-order valence-corrected chi connectivity index (χ4v) is 5.46. The topological polar surface area (TPSA) is 54.8 Å². The molecule has 1 aromatic carbocycles. The normalized spacial score (nSPS) is 18.0. The zero-order valence-electron chi connectivity index (χ0n) is 15.5. The van der Waals surface area contributed by atoms with Gasteiger partial charge in [-0.25, -0.2) is 9.98 Å². The molecule has 0 spiro atoms. The second-order valence-corrected chi connectivity index (χ2v) is 8.81. The highest BCUT2D eigenvalue weighted by Crippen LogP contribution is 2.33. The lowest BCUT2D eigenvalue weighted by Gasteiger charge is -2.20. The van der Waals surface area contributed by atoms with Crippen molar-refractivity contribution in [3.8, 4) is 16.3 Å². The van der Waals surface area contributed by atoms with Crippen LogP contribution in [-0.4, -0.2) is 39.4 Å². The van der Waals surface area contributed by atoms with Crippen molar-refractivity contribution in [2.45, 2.75) is 19.9 Å². The first kappa shape index (κ1) is 19.2. The summed E-state index contributed by atoms with van der Waals surface area (Å²) in [4.78, 5) is 24.3. The molecule has 1 amide bonds. The maximum atomic E-state index is 13.2. The number of rotatable bonds is 5. The van der Waals surface area contributed by atoms with Crippen molar-refractivity contribution in [2.75, 3.05) is 12.4 Å². The molecule has 1 aliphatic heterocycles. The Hall–Kier alpha value is -2.16. The first-order chi connectivity index (χ1) is 13.7. The predicted molar refractivity (Wildman–Crippen MR) is 118 cm³/mol. The number of nitrogens with zero attached hydrogens (tertiary/aromatic N) is 3. The van der Waals surface area contributed by atoms with Gasteiger partial charge in [0.25, 0.3) is 5.91 Å². The van der Waals surface area contributed by atoms with E-state index in [9.17, 15) is 4.79 Å². The van der Waals surface area contributed by atoms with Gasteiger partial charge in [-0.2, -0.15) is 11.3 Å². The second kappa shape index (κ2) is 8.46. The summed E-state index contributed by atoms with van der Waals surface area (Å²) in [6.45, 7) is 4.55. The number of amides is 1. The molecule has 0 aliphatic carbocycles. The molecule has 1 unspecified atom stereocenters. The van der Waals surface area contributed by atoms with Crippen LogP contribution in [0.15, 0.2) is 51.5 Å². The summed E-state index contributed by atoms with van der Waals surface area (Å²) in [6.07, 6.45) is 0. The average molecular weight is 430 g/mol. The SMILES string of the molecule is CCOc1ccccc1N=C1SCC(C)N1C(=O)c1csc(-c2ccsc2)n1. The molecule has 1 saturated heterocycles. The summed E-state index contributed by atoms with van der Waals surface area (Å²) in [7, 11) is 0. The van der Waals surface area contributed by atoms with Crippen LogP contribution in [0.5, 0.6) is 5.75 Å². The van der Waals surface area contributed by atoms with E-state index in [2.05, 4.69) is 4.98 Å². The van der Waals surface area contributed by atoms with E-state index >= 15 is 0 Å². The van der Waals surface area contributed by atoms with E-state index in [0.717, 1.165) is 27.8 Å². The van der Waals surface area contributed by atoms with Crippen LogP contribution >= 0.6 is 34.4 Å². The Morgan fingerprint density at radius 2 is 2.18 bits per heavy atom. The summed E-state index contributed by atoms with van der Waals surface area (Å²) in [5, 5.41) is 7.44. The largest absolute Gasteiger partial charge is 0.492 e. The van der Waals surface area contributed by atoms with Gasteiger partial charge in [-0.15, -0.1) is 11.3 Å². The summed E-state index contributed by atoms with van der Waals surface area (Å²) >= 11 is 4.70. The lowest BCUT2D eigenvalue weighted by Crippen LogP contribution is -2.37. The van der Waals surface area contributed by atoms with Gasteiger partial charge in [0.15, 0.2) is 5.17 Å².